The van der Waals surface area contributed by atoms with Crippen molar-refractivity contribution in [2.45, 2.75) is 13.8 Å². The molecule has 0 radical (unpaired) electrons. The topological polar surface area (TPSA) is 67.2 Å². The van der Waals surface area contributed by atoms with E-state index in [4.69, 9.17) is 0 Å². The highest BCUT2D eigenvalue weighted by Crippen LogP contribution is 2.22. The van der Waals surface area contributed by atoms with Gasteiger partial charge in [0, 0.05) is 18.8 Å². The van der Waals surface area contributed by atoms with Crippen LogP contribution in [0.5, 0.6) is 0 Å². The number of aryl methyl sites for hydroxylation is 2. The Morgan fingerprint density at radius 3 is 2.60 bits per heavy atom. The average Bonchev–Trinajstić information content (AvgIpc) is 3.02. The minimum atomic E-state index is -0.140. The number of fused-ring (bicyclic) bond motifs is 1. The zero-order chi connectivity index (χ0) is 17.6. The molecule has 0 spiro atoms. The fourth-order valence-electron chi connectivity index (χ4n) is 3.27. The molecule has 4 rings (SSSR count). The van der Waals surface area contributed by atoms with E-state index in [0.29, 0.717) is 35.5 Å². The first-order chi connectivity index (χ1) is 12.1. The van der Waals surface area contributed by atoms with E-state index in [2.05, 4.69) is 10.3 Å². The van der Waals surface area contributed by atoms with Gasteiger partial charge in [0.2, 0.25) is 0 Å². The molecule has 1 N–H and O–H groups in total. The number of anilines is 1. The first kappa shape index (κ1) is 15.4. The van der Waals surface area contributed by atoms with Crippen LogP contribution < -0.4 is 15.8 Å². The minimum Gasteiger partial charge on any atom is -0.336 e. The zero-order valence-corrected chi connectivity index (χ0v) is 14.1. The Kier molecular flexibility index (Phi) is 3.53. The smallest absolute Gasteiger partial charge is 0.321 e. The summed E-state index contributed by atoms with van der Waals surface area (Å²) in [5, 5.41) is 3.28. The van der Waals surface area contributed by atoms with E-state index in [1.807, 2.05) is 44.2 Å². The van der Waals surface area contributed by atoms with Crippen LogP contribution in [0.3, 0.4) is 0 Å². The Balaban J connectivity index is 1.95. The summed E-state index contributed by atoms with van der Waals surface area (Å²) in [6.45, 7) is 5.00. The van der Waals surface area contributed by atoms with Crippen molar-refractivity contribution in [1.82, 2.24) is 14.9 Å². The van der Waals surface area contributed by atoms with E-state index in [-0.39, 0.29) is 11.6 Å². The van der Waals surface area contributed by atoms with Crippen molar-refractivity contribution in [2.24, 2.45) is 0 Å². The first-order valence-electron chi connectivity index (χ1n) is 8.21. The van der Waals surface area contributed by atoms with Crippen molar-refractivity contribution in [1.29, 1.82) is 0 Å². The maximum absolute atomic E-state index is 13.2. The number of nitrogens with zero attached hydrogens (tertiary/aromatic N) is 3. The number of hydrogen-bond acceptors (Lipinski definition) is 3. The lowest BCUT2D eigenvalue weighted by Gasteiger charge is -2.16. The number of rotatable bonds is 2. The minimum absolute atomic E-state index is 0.127. The molecular weight excluding hydrogens is 316 g/mol. The van der Waals surface area contributed by atoms with E-state index in [1.165, 1.54) is 0 Å². The molecule has 6 heteroatoms. The molecule has 1 fully saturated rings. The largest absolute Gasteiger partial charge is 0.336 e. The van der Waals surface area contributed by atoms with Crippen LogP contribution in [0, 0.1) is 13.8 Å². The Morgan fingerprint density at radius 2 is 1.88 bits per heavy atom. The number of carbonyl (C=O) groups is 1. The predicted octanol–water partition coefficient (Wildman–Crippen LogP) is 2.53. The summed E-state index contributed by atoms with van der Waals surface area (Å²) < 4.78 is 1.63. The Hall–Kier alpha value is -3.15. The Morgan fingerprint density at radius 1 is 1.08 bits per heavy atom. The number of amides is 2. The molecule has 0 bridgehead atoms. The van der Waals surface area contributed by atoms with Gasteiger partial charge in [0.1, 0.15) is 5.82 Å². The second-order valence-corrected chi connectivity index (χ2v) is 6.17. The molecule has 126 valence electrons. The van der Waals surface area contributed by atoms with Gasteiger partial charge in [-0.25, -0.2) is 9.78 Å². The van der Waals surface area contributed by atoms with Crippen LogP contribution >= 0.6 is 0 Å². The molecule has 25 heavy (non-hydrogen) atoms. The molecule has 6 nitrogen and oxygen atoms in total. The highest BCUT2D eigenvalue weighted by molar-refractivity contribution is 5.96. The lowest BCUT2D eigenvalue weighted by Crippen LogP contribution is -2.28. The quantitative estimate of drug-likeness (QED) is 0.783. The van der Waals surface area contributed by atoms with Crippen LogP contribution in [0.2, 0.25) is 0 Å². The number of urea groups is 1. The third-order valence-corrected chi connectivity index (χ3v) is 4.54. The summed E-state index contributed by atoms with van der Waals surface area (Å²) >= 11 is 0. The molecule has 2 aromatic carbocycles. The molecule has 2 amide bonds. The van der Waals surface area contributed by atoms with Crippen LogP contribution in [0.15, 0.2) is 47.3 Å². The van der Waals surface area contributed by atoms with Gasteiger partial charge >= 0.3 is 6.03 Å². The molecule has 1 saturated heterocycles. The lowest BCUT2D eigenvalue weighted by molar-refractivity contribution is 0.252. The van der Waals surface area contributed by atoms with Gasteiger partial charge in [-0.15, -0.1) is 0 Å². The summed E-state index contributed by atoms with van der Waals surface area (Å²) in [6, 6.07) is 13.0. The zero-order valence-electron chi connectivity index (χ0n) is 14.1. The Labute approximate surface area is 144 Å². The fourth-order valence-corrected chi connectivity index (χ4v) is 3.27. The van der Waals surface area contributed by atoms with Gasteiger partial charge in [0.15, 0.2) is 0 Å². The van der Waals surface area contributed by atoms with E-state index < -0.39 is 0 Å². The highest BCUT2D eigenvalue weighted by atomic mass is 16.2. The van der Waals surface area contributed by atoms with Crippen LogP contribution in [0.25, 0.3) is 16.6 Å². The van der Waals surface area contributed by atoms with E-state index >= 15 is 0 Å². The third kappa shape index (κ3) is 2.46. The number of carbonyl (C=O) groups excluding carboxylic acids is 1. The number of para-hydroxylation sites is 1. The van der Waals surface area contributed by atoms with Gasteiger partial charge in [0.05, 0.1) is 16.6 Å². The van der Waals surface area contributed by atoms with Gasteiger partial charge < -0.3 is 5.32 Å². The highest BCUT2D eigenvalue weighted by Gasteiger charge is 2.22. The molecule has 3 aromatic rings. The van der Waals surface area contributed by atoms with Gasteiger partial charge in [-0.05, 0) is 43.7 Å². The van der Waals surface area contributed by atoms with Crippen molar-refractivity contribution in [3.63, 3.8) is 0 Å². The first-order valence-corrected chi connectivity index (χ1v) is 8.21. The summed E-state index contributed by atoms with van der Waals surface area (Å²) in [5.74, 6) is 0.637. The summed E-state index contributed by atoms with van der Waals surface area (Å²) in [5.41, 5.74) is 3.04. The number of nitrogens with one attached hydrogen (secondary N) is 1. The molecule has 0 unspecified atom stereocenters. The van der Waals surface area contributed by atoms with Gasteiger partial charge in [-0.1, -0.05) is 18.2 Å². The van der Waals surface area contributed by atoms with Gasteiger partial charge in [-0.2, -0.15) is 0 Å². The average molecular weight is 334 g/mol. The number of aromatic nitrogens is 2. The van der Waals surface area contributed by atoms with Gasteiger partial charge in [0.25, 0.3) is 5.56 Å². The lowest BCUT2D eigenvalue weighted by atomic mass is 10.1. The summed E-state index contributed by atoms with van der Waals surface area (Å²) in [6.07, 6.45) is 0. The molecule has 0 atom stereocenters. The summed E-state index contributed by atoms with van der Waals surface area (Å²) in [4.78, 5) is 31.3. The van der Waals surface area contributed by atoms with Crippen molar-refractivity contribution in [3.05, 3.63) is 64.2 Å². The van der Waals surface area contributed by atoms with Gasteiger partial charge in [-0.3, -0.25) is 14.3 Å². The van der Waals surface area contributed by atoms with Crippen molar-refractivity contribution in [2.75, 3.05) is 18.0 Å². The van der Waals surface area contributed by atoms with Crippen LogP contribution in [0.1, 0.15) is 11.4 Å². The molecular formula is C19H18N4O2. The molecule has 1 aromatic heterocycles. The molecule has 0 saturated carbocycles. The second-order valence-electron chi connectivity index (χ2n) is 6.17. The van der Waals surface area contributed by atoms with Crippen molar-refractivity contribution in [3.8, 4) is 5.69 Å². The number of hydrogen-bond donors (Lipinski definition) is 1. The Bertz CT molecular complexity index is 1050. The maximum atomic E-state index is 13.2. The number of benzene rings is 2. The van der Waals surface area contributed by atoms with Crippen LogP contribution in [-0.4, -0.2) is 28.7 Å². The van der Waals surface area contributed by atoms with Crippen LogP contribution in [0.4, 0.5) is 10.5 Å². The van der Waals surface area contributed by atoms with Crippen LogP contribution in [-0.2, 0) is 0 Å². The van der Waals surface area contributed by atoms with Crippen molar-refractivity contribution < 1.29 is 4.79 Å². The SMILES string of the molecule is Cc1ccccc1-n1c(C)nc2ccc(N3CCNC3=O)cc2c1=O. The fraction of sp³-hybridized carbons (Fsp3) is 0.211. The summed E-state index contributed by atoms with van der Waals surface area (Å²) in [7, 11) is 0. The molecule has 2 heterocycles. The second kappa shape index (κ2) is 5.73. The van der Waals surface area contributed by atoms with Crippen molar-refractivity contribution >= 4 is 22.6 Å². The normalized spacial score (nSPS) is 14.2. The standard InChI is InChI=1S/C19H18N4O2/c1-12-5-3-4-6-17(12)23-13(2)21-16-8-7-14(11-15(16)18(23)24)22-10-9-20-19(22)25/h3-8,11H,9-10H2,1-2H3,(H,20,25). The molecule has 1 aliphatic rings. The predicted molar refractivity (Wildman–Crippen MR) is 97.6 cm³/mol. The van der Waals surface area contributed by atoms with E-state index in [9.17, 15) is 9.59 Å². The van der Waals surface area contributed by atoms with E-state index in [1.54, 1.807) is 21.6 Å². The molecule has 0 aliphatic carbocycles. The van der Waals surface area contributed by atoms with E-state index in [0.717, 1.165) is 11.3 Å². The molecule has 1 aliphatic heterocycles. The monoisotopic (exact) mass is 334 g/mol. The third-order valence-electron chi connectivity index (χ3n) is 4.54. The maximum Gasteiger partial charge on any atom is 0.321 e.